The van der Waals surface area contributed by atoms with Gasteiger partial charge in [0.1, 0.15) is 0 Å². The van der Waals surface area contributed by atoms with E-state index < -0.39 is 11.9 Å². The van der Waals surface area contributed by atoms with E-state index >= 15 is 0 Å². The maximum Gasteiger partial charge on any atom is 0.435 e. The van der Waals surface area contributed by atoms with Gasteiger partial charge in [-0.2, -0.15) is 18.3 Å². The molecule has 1 aliphatic rings. The Morgan fingerprint density at radius 2 is 1.65 bits per heavy atom. The standard InChI is InChI=1S/C24H24F3N3O/c25-24(26,27)23-20-8-4-5-9-21(20)30(29-23)15-14-28-22(31)16-17-10-12-19(13-11-17)18-6-2-1-3-7-18/h1-3,6-7,10-13H,4-5,8-9,14-16H2,(H,28,31). The summed E-state index contributed by atoms with van der Waals surface area (Å²) in [5, 5.41) is 6.62. The lowest BCUT2D eigenvalue weighted by Crippen LogP contribution is -2.29. The largest absolute Gasteiger partial charge is 0.435 e. The van der Waals surface area contributed by atoms with Crippen LogP contribution >= 0.6 is 0 Å². The number of aromatic nitrogens is 2. The van der Waals surface area contributed by atoms with E-state index in [0.29, 0.717) is 24.1 Å². The van der Waals surface area contributed by atoms with Crippen molar-refractivity contribution < 1.29 is 18.0 Å². The molecule has 0 aliphatic heterocycles. The molecule has 1 N–H and O–H groups in total. The molecular weight excluding hydrogens is 403 g/mol. The van der Waals surface area contributed by atoms with Crippen molar-refractivity contribution in [1.29, 1.82) is 0 Å². The normalized spacial score (nSPS) is 13.6. The Kier molecular flexibility index (Phi) is 6.11. The zero-order chi connectivity index (χ0) is 21.8. The Balaban J connectivity index is 1.33. The Labute approximate surface area is 179 Å². The molecule has 31 heavy (non-hydrogen) atoms. The molecule has 0 saturated heterocycles. The smallest absolute Gasteiger partial charge is 0.354 e. The summed E-state index contributed by atoms with van der Waals surface area (Å²) in [5.74, 6) is -0.162. The molecule has 0 bridgehead atoms. The maximum atomic E-state index is 13.3. The van der Waals surface area contributed by atoms with Crippen molar-refractivity contribution in [2.24, 2.45) is 0 Å². The summed E-state index contributed by atoms with van der Waals surface area (Å²) in [4.78, 5) is 12.3. The fraction of sp³-hybridized carbons (Fsp3) is 0.333. The van der Waals surface area contributed by atoms with Crippen molar-refractivity contribution in [1.82, 2.24) is 15.1 Å². The number of nitrogens with zero attached hydrogens (tertiary/aromatic N) is 2. The lowest BCUT2D eigenvalue weighted by molar-refractivity contribution is -0.142. The SMILES string of the molecule is O=C(Cc1ccc(-c2ccccc2)cc1)NCCn1nc(C(F)(F)F)c2c1CCCC2. The van der Waals surface area contributed by atoms with Crippen LogP contribution in [0.4, 0.5) is 13.2 Å². The van der Waals surface area contributed by atoms with Crippen LogP contribution in [0.5, 0.6) is 0 Å². The van der Waals surface area contributed by atoms with Gasteiger partial charge >= 0.3 is 6.18 Å². The molecule has 0 atom stereocenters. The van der Waals surface area contributed by atoms with E-state index in [4.69, 9.17) is 0 Å². The van der Waals surface area contributed by atoms with Crippen molar-refractivity contribution in [3.63, 3.8) is 0 Å². The summed E-state index contributed by atoms with van der Waals surface area (Å²) < 4.78 is 41.2. The molecule has 0 saturated carbocycles. The van der Waals surface area contributed by atoms with Gasteiger partial charge in [-0.1, -0.05) is 54.6 Å². The number of carbonyl (C=O) groups is 1. The Hall–Kier alpha value is -3.09. The van der Waals surface area contributed by atoms with Gasteiger partial charge < -0.3 is 5.32 Å². The minimum Gasteiger partial charge on any atom is -0.354 e. The summed E-state index contributed by atoms with van der Waals surface area (Å²) >= 11 is 0. The van der Waals surface area contributed by atoms with Gasteiger partial charge in [-0.3, -0.25) is 9.48 Å². The Bertz CT molecular complexity index is 1040. The number of fused-ring (bicyclic) bond motifs is 1. The predicted molar refractivity (Wildman–Crippen MR) is 112 cm³/mol. The van der Waals surface area contributed by atoms with E-state index in [1.165, 1.54) is 4.68 Å². The average molecular weight is 427 g/mol. The summed E-state index contributed by atoms with van der Waals surface area (Å²) in [7, 11) is 0. The van der Waals surface area contributed by atoms with Crippen LogP contribution in [0.25, 0.3) is 11.1 Å². The highest BCUT2D eigenvalue weighted by Gasteiger charge is 2.39. The molecule has 2 aromatic carbocycles. The van der Waals surface area contributed by atoms with Gasteiger partial charge in [-0.05, 0) is 42.4 Å². The van der Waals surface area contributed by atoms with E-state index in [2.05, 4.69) is 10.4 Å². The van der Waals surface area contributed by atoms with E-state index in [1.54, 1.807) is 0 Å². The van der Waals surface area contributed by atoms with Gasteiger partial charge in [0, 0.05) is 17.8 Å². The quantitative estimate of drug-likeness (QED) is 0.614. The first-order valence-electron chi connectivity index (χ1n) is 10.5. The molecule has 7 heteroatoms. The molecule has 162 valence electrons. The molecule has 0 radical (unpaired) electrons. The number of carbonyl (C=O) groups excluding carboxylic acids is 1. The third-order valence-corrected chi connectivity index (χ3v) is 5.60. The molecule has 4 nitrogen and oxygen atoms in total. The van der Waals surface area contributed by atoms with Crippen LogP contribution in [0.15, 0.2) is 54.6 Å². The number of benzene rings is 2. The van der Waals surface area contributed by atoms with E-state index in [9.17, 15) is 18.0 Å². The van der Waals surface area contributed by atoms with Gasteiger partial charge in [0.15, 0.2) is 5.69 Å². The summed E-state index contributed by atoms with van der Waals surface area (Å²) in [6, 6.07) is 17.8. The van der Waals surface area contributed by atoms with Crippen LogP contribution in [0, 0.1) is 0 Å². The fourth-order valence-electron chi connectivity index (χ4n) is 4.08. The van der Waals surface area contributed by atoms with Gasteiger partial charge in [0.2, 0.25) is 5.91 Å². The molecule has 3 aromatic rings. The van der Waals surface area contributed by atoms with Crippen molar-refractivity contribution in [3.05, 3.63) is 77.1 Å². The summed E-state index contributed by atoms with van der Waals surface area (Å²) in [5.41, 5.74) is 3.28. The number of amides is 1. The van der Waals surface area contributed by atoms with Crippen LogP contribution in [0.3, 0.4) is 0 Å². The van der Waals surface area contributed by atoms with E-state index in [0.717, 1.165) is 29.5 Å². The van der Waals surface area contributed by atoms with Crippen LogP contribution < -0.4 is 5.32 Å². The first kappa shape index (κ1) is 21.2. The van der Waals surface area contributed by atoms with Crippen LogP contribution in [-0.2, 0) is 36.8 Å². The summed E-state index contributed by atoms with van der Waals surface area (Å²) in [6.07, 6.45) is -1.60. The molecule has 0 fully saturated rings. The Morgan fingerprint density at radius 1 is 0.968 bits per heavy atom. The third kappa shape index (κ3) is 4.98. The fourth-order valence-corrected chi connectivity index (χ4v) is 4.08. The topological polar surface area (TPSA) is 46.9 Å². The predicted octanol–water partition coefficient (Wildman–Crippen LogP) is 4.81. The zero-order valence-corrected chi connectivity index (χ0v) is 17.1. The van der Waals surface area contributed by atoms with E-state index in [-0.39, 0.29) is 25.4 Å². The summed E-state index contributed by atoms with van der Waals surface area (Å²) in [6.45, 7) is 0.476. The Morgan fingerprint density at radius 3 is 2.35 bits per heavy atom. The lowest BCUT2D eigenvalue weighted by Gasteiger charge is -2.15. The van der Waals surface area contributed by atoms with Crippen molar-refractivity contribution >= 4 is 5.91 Å². The number of hydrogen-bond acceptors (Lipinski definition) is 2. The third-order valence-electron chi connectivity index (χ3n) is 5.60. The van der Waals surface area contributed by atoms with Crippen LogP contribution in [0.1, 0.15) is 35.4 Å². The first-order valence-corrected chi connectivity index (χ1v) is 10.5. The highest BCUT2D eigenvalue weighted by molar-refractivity contribution is 5.78. The second-order valence-electron chi connectivity index (χ2n) is 7.79. The van der Waals surface area contributed by atoms with Gasteiger partial charge in [0.05, 0.1) is 13.0 Å². The molecule has 1 amide bonds. The molecule has 1 heterocycles. The molecule has 1 aliphatic carbocycles. The second-order valence-corrected chi connectivity index (χ2v) is 7.79. The minimum absolute atomic E-state index is 0.162. The molecule has 0 spiro atoms. The van der Waals surface area contributed by atoms with E-state index in [1.807, 2.05) is 54.6 Å². The number of alkyl halides is 3. The number of nitrogens with one attached hydrogen (secondary N) is 1. The molecular formula is C24H24F3N3O. The van der Waals surface area contributed by atoms with Gasteiger partial charge in [-0.15, -0.1) is 0 Å². The molecule has 4 rings (SSSR count). The second kappa shape index (κ2) is 8.96. The van der Waals surface area contributed by atoms with Crippen molar-refractivity contribution in [3.8, 4) is 11.1 Å². The average Bonchev–Trinajstić information content (AvgIpc) is 3.14. The van der Waals surface area contributed by atoms with Gasteiger partial charge in [0.25, 0.3) is 0 Å². The molecule has 0 unspecified atom stereocenters. The van der Waals surface area contributed by atoms with Gasteiger partial charge in [-0.25, -0.2) is 0 Å². The highest BCUT2D eigenvalue weighted by atomic mass is 19.4. The number of rotatable bonds is 6. The number of hydrogen-bond donors (Lipinski definition) is 1. The maximum absolute atomic E-state index is 13.3. The van der Waals surface area contributed by atoms with Crippen molar-refractivity contribution in [2.75, 3.05) is 6.54 Å². The first-order chi connectivity index (χ1) is 14.9. The zero-order valence-electron chi connectivity index (χ0n) is 17.1. The minimum atomic E-state index is -4.44. The monoisotopic (exact) mass is 427 g/mol. The lowest BCUT2D eigenvalue weighted by atomic mass is 9.95. The number of halogens is 3. The van der Waals surface area contributed by atoms with Crippen LogP contribution in [-0.4, -0.2) is 22.2 Å². The molecule has 1 aromatic heterocycles. The highest BCUT2D eigenvalue weighted by Crippen LogP contribution is 2.35. The van der Waals surface area contributed by atoms with Crippen LogP contribution in [0.2, 0.25) is 0 Å². The van der Waals surface area contributed by atoms with Crippen molar-refractivity contribution in [2.45, 2.75) is 44.8 Å².